The summed E-state index contributed by atoms with van der Waals surface area (Å²) in [5.41, 5.74) is 0. The van der Waals surface area contributed by atoms with Crippen LogP contribution in [0.4, 0.5) is 0 Å². The molecule has 0 radical (unpaired) electrons. The van der Waals surface area contributed by atoms with Gasteiger partial charge in [-0.3, -0.25) is 4.79 Å². The molecule has 1 aliphatic heterocycles. The van der Waals surface area contributed by atoms with E-state index in [1.807, 2.05) is 18.5 Å². The van der Waals surface area contributed by atoms with Gasteiger partial charge in [0.1, 0.15) is 6.33 Å². The van der Waals surface area contributed by atoms with E-state index in [1.165, 1.54) is 25.7 Å². The molecule has 1 saturated carbocycles. The number of nitrogens with zero attached hydrogens (tertiary/aromatic N) is 3. The molecule has 6 heteroatoms. The topological polar surface area (TPSA) is 71.8 Å². The van der Waals surface area contributed by atoms with Crippen LogP contribution in [0.2, 0.25) is 0 Å². The van der Waals surface area contributed by atoms with Crippen LogP contribution in [0.25, 0.3) is 0 Å². The lowest BCUT2D eigenvalue weighted by Crippen LogP contribution is -2.44. The smallest absolute Gasteiger partial charge is 0.237 e. The van der Waals surface area contributed by atoms with Gasteiger partial charge in [-0.2, -0.15) is 0 Å². The number of carbonyl (C=O) groups excluding carboxylic acids is 1. The summed E-state index contributed by atoms with van der Waals surface area (Å²) in [6, 6.07) is 0.392. The molecule has 0 bridgehead atoms. The molecule has 3 rings (SSSR count). The van der Waals surface area contributed by atoms with Gasteiger partial charge in [-0.05, 0) is 32.1 Å². The molecule has 1 aliphatic carbocycles. The molecule has 4 unspecified atom stereocenters. The van der Waals surface area contributed by atoms with Gasteiger partial charge in [0.2, 0.25) is 5.91 Å². The number of aromatic nitrogens is 3. The molecule has 1 aromatic heterocycles. The Hall–Kier alpha value is -1.43. The van der Waals surface area contributed by atoms with Crippen LogP contribution in [0, 0.1) is 5.92 Å². The highest BCUT2D eigenvalue weighted by Gasteiger charge is 2.38. The normalized spacial score (nSPS) is 30.8. The standard InChI is InChI=1S/C14H23N5O/c1-9(13-18-15-8-19(13)2)16-14(20)12-7-10-5-3-4-6-11(10)17-12/h8-12,17H,3-7H2,1-2H3,(H,16,20). The molecule has 1 aromatic rings. The number of rotatable bonds is 3. The number of aryl methyl sites for hydroxylation is 1. The molecule has 2 aliphatic rings. The molecule has 0 spiro atoms. The van der Waals surface area contributed by atoms with Gasteiger partial charge in [-0.1, -0.05) is 12.8 Å². The molecule has 2 heterocycles. The lowest BCUT2D eigenvalue weighted by atomic mass is 9.85. The Morgan fingerprint density at radius 3 is 3.00 bits per heavy atom. The molecule has 4 atom stereocenters. The summed E-state index contributed by atoms with van der Waals surface area (Å²) in [4.78, 5) is 12.4. The lowest BCUT2D eigenvalue weighted by Gasteiger charge is -2.24. The van der Waals surface area contributed by atoms with Crippen LogP contribution >= 0.6 is 0 Å². The van der Waals surface area contributed by atoms with E-state index in [1.54, 1.807) is 6.33 Å². The van der Waals surface area contributed by atoms with E-state index < -0.39 is 0 Å². The highest BCUT2D eigenvalue weighted by atomic mass is 16.2. The number of nitrogens with one attached hydrogen (secondary N) is 2. The second-order valence-electron chi connectivity index (χ2n) is 6.14. The van der Waals surface area contributed by atoms with Crippen molar-refractivity contribution in [3.05, 3.63) is 12.2 Å². The first-order chi connectivity index (χ1) is 9.65. The minimum Gasteiger partial charge on any atom is -0.345 e. The first-order valence-electron chi connectivity index (χ1n) is 7.55. The van der Waals surface area contributed by atoms with Gasteiger partial charge >= 0.3 is 0 Å². The van der Waals surface area contributed by atoms with E-state index in [4.69, 9.17) is 0 Å². The third-order valence-electron chi connectivity index (χ3n) is 4.67. The third-order valence-corrected chi connectivity index (χ3v) is 4.67. The maximum atomic E-state index is 12.4. The minimum absolute atomic E-state index is 0.0428. The van der Waals surface area contributed by atoms with Gasteiger partial charge in [0.25, 0.3) is 0 Å². The SMILES string of the molecule is CC(NC(=O)C1CC2CCCCC2N1)c1nncn1C. The second kappa shape index (κ2) is 5.52. The van der Waals surface area contributed by atoms with E-state index in [2.05, 4.69) is 20.8 Å². The van der Waals surface area contributed by atoms with E-state index in [0.29, 0.717) is 12.0 Å². The van der Waals surface area contributed by atoms with Gasteiger partial charge in [0, 0.05) is 13.1 Å². The van der Waals surface area contributed by atoms with Gasteiger partial charge in [0.05, 0.1) is 12.1 Å². The average molecular weight is 277 g/mol. The van der Waals surface area contributed by atoms with Crippen molar-refractivity contribution in [3.63, 3.8) is 0 Å². The molecule has 2 N–H and O–H groups in total. The molecular weight excluding hydrogens is 254 g/mol. The molecule has 20 heavy (non-hydrogen) atoms. The molecule has 6 nitrogen and oxygen atoms in total. The van der Waals surface area contributed by atoms with Crippen molar-refractivity contribution in [2.45, 2.75) is 57.2 Å². The van der Waals surface area contributed by atoms with Crippen LogP contribution < -0.4 is 10.6 Å². The maximum absolute atomic E-state index is 12.4. The Labute approximate surface area is 119 Å². The Morgan fingerprint density at radius 2 is 2.30 bits per heavy atom. The van der Waals surface area contributed by atoms with Crippen molar-refractivity contribution >= 4 is 5.91 Å². The number of amides is 1. The van der Waals surface area contributed by atoms with E-state index in [-0.39, 0.29) is 18.0 Å². The van der Waals surface area contributed by atoms with Crippen LogP contribution in [-0.4, -0.2) is 32.8 Å². The summed E-state index contributed by atoms with van der Waals surface area (Å²) in [6.07, 6.45) is 7.71. The van der Waals surface area contributed by atoms with Crippen LogP contribution in [0.15, 0.2) is 6.33 Å². The maximum Gasteiger partial charge on any atom is 0.237 e. The fourth-order valence-corrected chi connectivity index (χ4v) is 3.58. The predicted molar refractivity (Wildman–Crippen MR) is 74.8 cm³/mol. The zero-order valence-corrected chi connectivity index (χ0v) is 12.2. The van der Waals surface area contributed by atoms with Crippen molar-refractivity contribution in [2.75, 3.05) is 0 Å². The van der Waals surface area contributed by atoms with E-state index in [0.717, 1.165) is 12.2 Å². The lowest BCUT2D eigenvalue weighted by molar-refractivity contribution is -0.123. The summed E-state index contributed by atoms with van der Waals surface area (Å²) in [5.74, 6) is 1.56. The Morgan fingerprint density at radius 1 is 1.50 bits per heavy atom. The van der Waals surface area contributed by atoms with Crippen LogP contribution in [0.5, 0.6) is 0 Å². The zero-order chi connectivity index (χ0) is 14.1. The third kappa shape index (κ3) is 2.57. The monoisotopic (exact) mass is 277 g/mol. The quantitative estimate of drug-likeness (QED) is 0.861. The first-order valence-corrected chi connectivity index (χ1v) is 7.55. The van der Waals surface area contributed by atoms with Crippen LogP contribution in [0.3, 0.4) is 0 Å². The summed E-state index contributed by atoms with van der Waals surface area (Å²) in [7, 11) is 1.89. The van der Waals surface area contributed by atoms with E-state index in [9.17, 15) is 4.79 Å². The molecular formula is C14H23N5O. The summed E-state index contributed by atoms with van der Waals surface area (Å²) in [6.45, 7) is 1.95. The van der Waals surface area contributed by atoms with Crippen molar-refractivity contribution < 1.29 is 4.79 Å². The average Bonchev–Trinajstić information content (AvgIpc) is 3.04. The van der Waals surface area contributed by atoms with Crippen molar-refractivity contribution in [1.29, 1.82) is 0 Å². The zero-order valence-electron chi connectivity index (χ0n) is 12.2. The Bertz CT molecular complexity index is 472. The number of carbonyl (C=O) groups is 1. The van der Waals surface area contributed by atoms with Gasteiger partial charge in [0.15, 0.2) is 5.82 Å². The van der Waals surface area contributed by atoms with Crippen molar-refractivity contribution in [1.82, 2.24) is 25.4 Å². The fraction of sp³-hybridized carbons (Fsp3) is 0.786. The van der Waals surface area contributed by atoms with Crippen molar-refractivity contribution in [3.8, 4) is 0 Å². The summed E-state index contributed by atoms with van der Waals surface area (Å²) in [5, 5.41) is 14.5. The molecule has 2 fully saturated rings. The molecule has 110 valence electrons. The van der Waals surface area contributed by atoms with Crippen LogP contribution in [-0.2, 0) is 11.8 Å². The van der Waals surface area contributed by atoms with Gasteiger partial charge in [-0.15, -0.1) is 10.2 Å². The van der Waals surface area contributed by atoms with Crippen LogP contribution in [0.1, 0.15) is 50.9 Å². The van der Waals surface area contributed by atoms with Gasteiger partial charge < -0.3 is 15.2 Å². The Kier molecular flexibility index (Phi) is 3.74. The number of hydrogen-bond acceptors (Lipinski definition) is 4. The highest BCUT2D eigenvalue weighted by Crippen LogP contribution is 2.33. The number of fused-ring (bicyclic) bond motifs is 1. The number of hydrogen-bond donors (Lipinski definition) is 2. The fourth-order valence-electron chi connectivity index (χ4n) is 3.58. The summed E-state index contributed by atoms with van der Waals surface area (Å²) < 4.78 is 1.84. The second-order valence-corrected chi connectivity index (χ2v) is 6.14. The molecule has 1 saturated heterocycles. The Balaban J connectivity index is 1.58. The minimum atomic E-state index is -0.112. The molecule has 1 amide bonds. The summed E-state index contributed by atoms with van der Waals surface area (Å²) >= 11 is 0. The molecule has 0 aromatic carbocycles. The van der Waals surface area contributed by atoms with E-state index >= 15 is 0 Å². The van der Waals surface area contributed by atoms with Gasteiger partial charge in [-0.25, -0.2) is 0 Å². The van der Waals surface area contributed by atoms with Crippen molar-refractivity contribution in [2.24, 2.45) is 13.0 Å². The predicted octanol–water partition coefficient (Wildman–Crippen LogP) is 0.913. The highest BCUT2D eigenvalue weighted by molar-refractivity contribution is 5.82. The largest absolute Gasteiger partial charge is 0.345 e. The first kappa shape index (κ1) is 13.5.